The summed E-state index contributed by atoms with van der Waals surface area (Å²) < 4.78 is 1.67. The number of benzene rings is 1. The third-order valence-electron chi connectivity index (χ3n) is 4.29. The van der Waals surface area contributed by atoms with E-state index in [2.05, 4.69) is 24.0 Å². The van der Waals surface area contributed by atoms with Crippen molar-refractivity contribution < 1.29 is 4.79 Å². The Balaban J connectivity index is 1.93. The molecule has 0 radical (unpaired) electrons. The zero-order valence-electron chi connectivity index (χ0n) is 13.9. The summed E-state index contributed by atoms with van der Waals surface area (Å²) in [6.07, 6.45) is 7.97. The first-order valence-electron chi connectivity index (χ1n) is 8.46. The van der Waals surface area contributed by atoms with Crippen molar-refractivity contribution in [3.8, 4) is 11.3 Å². The van der Waals surface area contributed by atoms with Crippen LogP contribution in [0.5, 0.6) is 0 Å². The van der Waals surface area contributed by atoms with Gasteiger partial charge in [-0.15, -0.1) is 0 Å². The van der Waals surface area contributed by atoms with Gasteiger partial charge in [-0.25, -0.2) is 0 Å². The summed E-state index contributed by atoms with van der Waals surface area (Å²) in [5.41, 5.74) is 3.29. The lowest BCUT2D eigenvalue weighted by Crippen LogP contribution is -2.14. The summed E-state index contributed by atoms with van der Waals surface area (Å²) >= 11 is 0. The van der Waals surface area contributed by atoms with Crippen LogP contribution in [0.3, 0.4) is 0 Å². The van der Waals surface area contributed by atoms with Gasteiger partial charge in [0.2, 0.25) is 5.91 Å². The van der Waals surface area contributed by atoms with Crippen LogP contribution in [0, 0.1) is 0 Å². The van der Waals surface area contributed by atoms with Crippen molar-refractivity contribution in [2.75, 3.05) is 0 Å². The predicted octanol–water partition coefficient (Wildman–Crippen LogP) is 5.16. The number of nitrogens with zero attached hydrogens (tertiary/aromatic N) is 2. The van der Waals surface area contributed by atoms with Gasteiger partial charge in [0.25, 0.3) is 0 Å². The minimum absolute atomic E-state index is 0.134. The van der Waals surface area contributed by atoms with E-state index in [1.54, 1.807) is 4.57 Å². The summed E-state index contributed by atoms with van der Waals surface area (Å²) in [6.45, 7) is 2.16. The third kappa shape index (κ3) is 3.62. The molecule has 3 heteroatoms. The SMILES string of the molecule is CCCC(CC(=O)n1cccc1)c1ccccc1-c1ccccn1. The van der Waals surface area contributed by atoms with E-state index in [-0.39, 0.29) is 11.8 Å². The number of carbonyl (C=O) groups is 1. The number of rotatable bonds is 6. The fourth-order valence-electron chi connectivity index (χ4n) is 3.14. The maximum absolute atomic E-state index is 12.6. The van der Waals surface area contributed by atoms with Crippen LogP contribution in [0.25, 0.3) is 11.3 Å². The Bertz CT molecular complexity index is 779. The van der Waals surface area contributed by atoms with Crippen LogP contribution >= 0.6 is 0 Å². The lowest BCUT2D eigenvalue weighted by atomic mass is 9.86. The second-order valence-corrected chi connectivity index (χ2v) is 5.98. The highest BCUT2D eigenvalue weighted by Gasteiger charge is 2.19. The first-order valence-corrected chi connectivity index (χ1v) is 8.46. The molecule has 1 unspecified atom stereocenters. The molecule has 1 atom stereocenters. The van der Waals surface area contributed by atoms with Crippen LogP contribution in [0.1, 0.15) is 42.5 Å². The number of hydrogen-bond donors (Lipinski definition) is 0. The summed E-state index contributed by atoms with van der Waals surface area (Å²) in [6, 6.07) is 18.0. The number of pyridine rings is 1. The molecular formula is C21H22N2O. The zero-order chi connectivity index (χ0) is 16.8. The van der Waals surface area contributed by atoms with Crippen molar-refractivity contribution in [3.05, 3.63) is 78.8 Å². The monoisotopic (exact) mass is 318 g/mol. The molecule has 0 fully saturated rings. The molecule has 0 spiro atoms. The Kier molecular flexibility index (Phi) is 5.22. The highest BCUT2D eigenvalue weighted by Crippen LogP contribution is 2.33. The van der Waals surface area contributed by atoms with Crippen molar-refractivity contribution >= 4 is 5.91 Å². The van der Waals surface area contributed by atoms with Gasteiger partial charge in [0.05, 0.1) is 5.69 Å². The van der Waals surface area contributed by atoms with Crippen molar-refractivity contribution in [1.29, 1.82) is 0 Å². The number of hydrogen-bond acceptors (Lipinski definition) is 2. The van der Waals surface area contributed by atoms with Crippen molar-refractivity contribution in [3.63, 3.8) is 0 Å². The molecule has 0 aliphatic rings. The first kappa shape index (κ1) is 16.2. The number of carbonyl (C=O) groups excluding carboxylic acids is 1. The maximum Gasteiger partial charge on any atom is 0.231 e. The molecule has 3 rings (SSSR count). The van der Waals surface area contributed by atoms with Crippen LogP contribution in [0.15, 0.2) is 73.2 Å². The van der Waals surface area contributed by atoms with E-state index in [4.69, 9.17) is 0 Å². The standard InChI is InChI=1S/C21H22N2O/c1-2-9-17(16-21(24)23-14-7-8-15-23)18-10-3-4-11-19(18)20-12-5-6-13-22-20/h3-8,10-15,17H,2,9,16H2,1H3. The molecule has 0 N–H and O–H groups in total. The van der Waals surface area contributed by atoms with Crippen molar-refractivity contribution in [1.82, 2.24) is 9.55 Å². The van der Waals surface area contributed by atoms with E-state index in [9.17, 15) is 4.79 Å². The van der Waals surface area contributed by atoms with Crippen molar-refractivity contribution in [2.45, 2.75) is 32.1 Å². The van der Waals surface area contributed by atoms with Gasteiger partial charge in [-0.1, -0.05) is 43.7 Å². The topological polar surface area (TPSA) is 34.9 Å². The summed E-state index contributed by atoms with van der Waals surface area (Å²) in [5, 5.41) is 0. The molecule has 0 aliphatic carbocycles. The fraction of sp³-hybridized carbons (Fsp3) is 0.238. The van der Waals surface area contributed by atoms with Gasteiger partial charge in [0.15, 0.2) is 0 Å². The predicted molar refractivity (Wildman–Crippen MR) is 97.0 cm³/mol. The van der Waals surface area contributed by atoms with Crippen molar-refractivity contribution in [2.24, 2.45) is 0 Å². The third-order valence-corrected chi connectivity index (χ3v) is 4.29. The van der Waals surface area contributed by atoms with Gasteiger partial charge in [0.1, 0.15) is 0 Å². The maximum atomic E-state index is 12.6. The summed E-state index contributed by atoms with van der Waals surface area (Å²) in [5.74, 6) is 0.331. The average molecular weight is 318 g/mol. The van der Waals surface area contributed by atoms with E-state index in [0.29, 0.717) is 6.42 Å². The van der Waals surface area contributed by atoms with Crippen LogP contribution in [0.2, 0.25) is 0 Å². The first-order chi connectivity index (χ1) is 11.8. The van der Waals surface area contributed by atoms with Gasteiger partial charge in [0, 0.05) is 30.6 Å². The fourth-order valence-corrected chi connectivity index (χ4v) is 3.14. The van der Waals surface area contributed by atoms with Gasteiger partial charge in [-0.3, -0.25) is 14.3 Å². The Hall–Kier alpha value is -2.68. The minimum atomic E-state index is 0.134. The van der Waals surface area contributed by atoms with Crippen LogP contribution < -0.4 is 0 Å². The van der Waals surface area contributed by atoms with Crippen LogP contribution in [-0.2, 0) is 0 Å². The normalized spacial score (nSPS) is 12.0. The molecular weight excluding hydrogens is 296 g/mol. The Morgan fingerprint density at radius 1 is 1.04 bits per heavy atom. The zero-order valence-corrected chi connectivity index (χ0v) is 13.9. The highest BCUT2D eigenvalue weighted by atomic mass is 16.1. The van der Waals surface area contributed by atoms with E-state index >= 15 is 0 Å². The lowest BCUT2D eigenvalue weighted by Gasteiger charge is -2.19. The molecule has 3 nitrogen and oxygen atoms in total. The van der Waals surface area contributed by atoms with Gasteiger partial charge < -0.3 is 0 Å². The molecule has 1 aromatic carbocycles. The van der Waals surface area contributed by atoms with E-state index in [1.165, 1.54) is 5.56 Å². The molecule has 0 aliphatic heterocycles. The Labute approximate surface area is 143 Å². The van der Waals surface area contributed by atoms with Gasteiger partial charge in [-0.2, -0.15) is 0 Å². The van der Waals surface area contributed by atoms with Crippen LogP contribution in [-0.4, -0.2) is 15.5 Å². The molecule has 2 aromatic heterocycles. The Morgan fingerprint density at radius 3 is 2.50 bits per heavy atom. The molecule has 0 saturated carbocycles. The molecule has 0 saturated heterocycles. The van der Waals surface area contributed by atoms with E-state index in [1.807, 2.05) is 61.1 Å². The molecule has 0 bridgehead atoms. The van der Waals surface area contributed by atoms with Crippen LogP contribution in [0.4, 0.5) is 0 Å². The molecule has 3 aromatic rings. The van der Waals surface area contributed by atoms with E-state index in [0.717, 1.165) is 24.1 Å². The molecule has 24 heavy (non-hydrogen) atoms. The highest BCUT2D eigenvalue weighted by molar-refractivity contribution is 5.80. The second-order valence-electron chi connectivity index (χ2n) is 5.98. The Morgan fingerprint density at radius 2 is 1.79 bits per heavy atom. The van der Waals surface area contributed by atoms with Gasteiger partial charge >= 0.3 is 0 Å². The van der Waals surface area contributed by atoms with Gasteiger partial charge in [-0.05, 0) is 42.2 Å². The average Bonchev–Trinajstić information content (AvgIpc) is 3.17. The molecule has 122 valence electrons. The summed E-state index contributed by atoms with van der Waals surface area (Å²) in [7, 11) is 0. The summed E-state index contributed by atoms with van der Waals surface area (Å²) in [4.78, 5) is 17.1. The quantitative estimate of drug-likeness (QED) is 0.629. The number of aromatic nitrogens is 2. The lowest BCUT2D eigenvalue weighted by molar-refractivity contribution is 0.0892. The molecule has 2 heterocycles. The smallest absolute Gasteiger partial charge is 0.231 e. The van der Waals surface area contributed by atoms with E-state index < -0.39 is 0 Å². The second kappa shape index (κ2) is 7.73. The molecule has 0 amide bonds. The minimum Gasteiger partial charge on any atom is -0.295 e. The largest absolute Gasteiger partial charge is 0.295 e.